The average molecular weight is 189 g/mol. The fourth-order valence-electron chi connectivity index (χ4n) is 1.10. The fourth-order valence-corrected chi connectivity index (χ4v) is 1.31. The zero-order valence-electron chi connectivity index (χ0n) is 6.94. The molecule has 0 aliphatic heterocycles. The highest BCUT2D eigenvalue weighted by molar-refractivity contribution is 6.31. The van der Waals surface area contributed by atoms with Crippen LogP contribution < -0.4 is 0 Å². The molecule has 0 heterocycles. The largest absolute Gasteiger partial charge is 0.389 e. The van der Waals surface area contributed by atoms with Crippen LogP contribution in [-0.2, 0) is 0 Å². The van der Waals surface area contributed by atoms with Gasteiger partial charge in [-0.3, -0.25) is 0 Å². The molecule has 0 saturated carbocycles. The number of aliphatic hydroxyl groups excluding tert-OH is 1. The number of halogens is 2. The van der Waals surface area contributed by atoms with Crippen LogP contribution in [0.2, 0.25) is 5.02 Å². The van der Waals surface area contributed by atoms with E-state index < -0.39 is 11.9 Å². The van der Waals surface area contributed by atoms with Crippen molar-refractivity contribution in [2.24, 2.45) is 0 Å². The van der Waals surface area contributed by atoms with Crippen LogP contribution in [0.1, 0.15) is 24.2 Å². The lowest BCUT2D eigenvalue weighted by atomic mass is 10.0. The van der Waals surface area contributed by atoms with Crippen molar-refractivity contribution in [2.45, 2.75) is 20.0 Å². The van der Waals surface area contributed by atoms with Gasteiger partial charge in [-0.25, -0.2) is 4.39 Å². The van der Waals surface area contributed by atoms with Crippen LogP contribution in [0.5, 0.6) is 0 Å². The van der Waals surface area contributed by atoms with Gasteiger partial charge < -0.3 is 5.11 Å². The highest BCUT2D eigenvalue weighted by Crippen LogP contribution is 2.25. The molecule has 1 unspecified atom stereocenters. The Bertz CT molecular complexity index is 297. The molecule has 0 spiro atoms. The van der Waals surface area contributed by atoms with Crippen LogP contribution in [0.15, 0.2) is 12.1 Å². The maximum absolute atomic E-state index is 12.8. The van der Waals surface area contributed by atoms with Crippen LogP contribution in [0.25, 0.3) is 0 Å². The minimum Gasteiger partial charge on any atom is -0.389 e. The molecule has 1 aromatic carbocycles. The van der Waals surface area contributed by atoms with E-state index in [4.69, 9.17) is 11.6 Å². The highest BCUT2D eigenvalue weighted by atomic mass is 35.5. The quantitative estimate of drug-likeness (QED) is 0.719. The Hall–Kier alpha value is -0.600. The number of hydrogen-bond acceptors (Lipinski definition) is 1. The summed E-state index contributed by atoms with van der Waals surface area (Å²) in [4.78, 5) is 0. The maximum atomic E-state index is 12.8. The highest BCUT2D eigenvalue weighted by Gasteiger charge is 2.09. The van der Waals surface area contributed by atoms with E-state index in [2.05, 4.69) is 0 Å². The van der Waals surface area contributed by atoms with Crippen molar-refractivity contribution in [3.63, 3.8) is 0 Å². The van der Waals surface area contributed by atoms with Gasteiger partial charge in [0.25, 0.3) is 0 Å². The van der Waals surface area contributed by atoms with Gasteiger partial charge in [-0.15, -0.1) is 0 Å². The minimum atomic E-state index is -0.682. The maximum Gasteiger partial charge on any atom is 0.125 e. The molecular weight excluding hydrogens is 179 g/mol. The Morgan fingerprint density at radius 1 is 1.50 bits per heavy atom. The Labute approximate surface area is 75.8 Å². The molecule has 12 heavy (non-hydrogen) atoms. The normalized spacial score (nSPS) is 13.1. The van der Waals surface area contributed by atoms with Crippen molar-refractivity contribution in [1.29, 1.82) is 0 Å². The zero-order valence-corrected chi connectivity index (χ0v) is 7.69. The number of aliphatic hydroxyl groups is 1. The third kappa shape index (κ3) is 1.76. The lowest BCUT2D eigenvalue weighted by Crippen LogP contribution is -1.96. The van der Waals surface area contributed by atoms with Crippen LogP contribution in [0, 0.1) is 12.7 Å². The molecule has 1 atom stereocenters. The first-order valence-electron chi connectivity index (χ1n) is 3.66. The summed E-state index contributed by atoms with van der Waals surface area (Å²) >= 11 is 5.71. The van der Waals surface area contributed by atoms with Gasteiger partial charge in [-0.05, 0) is 37.1 Å². The van der Waals surface area contributed by atoms with Crippen LogP contribution >= 0.6 is 11.6 Å². The predicted molar refractivity (Wildman–Crippen MR) is 46.8 cm³/mol. The zero-order chi connectivity index (χ0) is 9.30. The van der Waals surface area contributed by atoms with Gasteiger partial charge in [0.05, 0.1) is 6.10 Å². The molecular formula is C9H10ClFO. The van der Waals surface area contributed by atoms with Gasteiger partial charge in [0.2, 0.25) is 0 Å². The summed E-state index contributed by atoms with van der Waals surface area (Å²) < 4.78 is 12.8. The number of rotatable bonds is 1. The SMILES string of the molecule is Cc1c(Cl)cc(F)cc1C(C)O. The van der Waals surface area contributed by atoms with Gasteiger partial charge in [0.15, 0.2) is 0 Å². The summed E-state index contributed by atoms with van der Waals surface area (Å²) in [6.07, 6.45) is -0.682. The Balaban J connectivity index is 3.28. The molecule has 1 nitrogen and oxygen atoms in total. The van der Waals surface area contributed by atoms with Crippen LogP contribution in [-0.4, -0.2) is 5.11 Å². The summed E-state index contributed by atoms with van der Waals surface area (Å²) in [5.74, 6) is -0.415. The molecule has 0 saturated heterocycles. The first-order valence-corrected chi connectivity index (χ1v) is 4.03. The lowest BCUT2D eigenvalue weighted by Gasteiger charge is -2.09. The number of benzene rings is 1. The van der Waals surface area contributed by atoms with E-state index >= 15 is 0 Å². The van der Waals surface area contributed by atoms with E-state index in [-0.39, 0.29) is 0 Å². The molecule has 1 N–H and O–H groups in total. The summed E-state index contributed by atoms with van der Waals surface area (Å²) in [6, 6.07) is 2.54. The lowest BCUT2D eigenvalue weighted by molar-refractivity contribution is 0.198. The van der Waals surface area contributed by atoms with E-state index in [1.807, 2.05) is 0 Å². The molecule has 0 aromatic heterocycles. The Morgan fingerprint density at radius 2 is 2.08 bits per heavy atom. The van der Waals surface area contributed by atoms with E-state index in [1.54, 1.807) is 13.8 Å². The molecule has 66 valence electrons. The fraction of sp³-hybridized carbons (Fsp3) is 0.333. The smallest absolute Gasteiger partial charge is 0.125 e. The Kier molecular flexibility index (Phi) is 2.70. The predicted octanol–water partition coefficient (Wildman–Crippen LogP) is 2.84. The van der Waals surface area contributed by atoms with Gasteiger partial charge in [0.1, 0.15) is 5.82 Å². The molecule has 0 aliphatic carbocycles. The first kappa shape index (κ1) is 9.49. The molecule has 0 aliphatic rings. The van der Waals surface area contributed by atoms with Crippen molar-refractivity contribution in [2.75, 3.05) is 0 Å². The first-order chi connectivity index (χ1) is 5.52. The van der Waals surface area contributed by atoms with Gasteiger partial charge in [-0.2, -0.15) is 0 Å². The third-order valence-corrected chi connectivity index (χ3v) is 2.19. The monoisotopic (exact) mass is 188 g/mol. The molecule has 0 amide bonds. The summed E-state index contributed by atoms with van der Waals surface area (Å²) in [5.41, 5.74) is 1.27. The molecule has 1 aromatic rings. The van der Waals surface area contributed by atoms with E-state index in [9.17, 15) is 9.50 Å². The van der Waals surface area contributed by atoms with Crippen molar-refractivity contribution < 1.29 is 9.50 Å². The van der Waals surface area contributed by atoms with Crippen molar-refractivity contribution >= 4 is 11.6 Å². The second-order valence-electron chi connectivity index (χ2n) is 2.78. The topological polar surface area (TPSA) is 20.2 Å². The van der Waals surface area contributed by atoms with E-state index in [0.29, 0.717) is 10.6 Å². The van der Waals surface area contributed by atoms with Crippen molar-refractivity contribution in [3.05, 3.63) is 34.1 Å². The standard InChI is InChI=1S/C9H10ClFO/c1-5-8(6(2)12)3-7(11)4-9(5)10/h3-4,6,12H,1-2H3. The van der Waals surface area contributed by atoms with E-state index in [1.165, 1.54) is 12.1 Å². The second kappa shape index (κ2) is 3.42. The molecule has 0 fully saturated rings. The summed E-state index contributed by atoms with van der Waals surface area (Å²) in [7, 11) is 0. The molecule has 0 bridgehead atoms. The summed E-state index contributed by atoms with van der Waals surface area (Å²) in [6.45, 7) is 3.34. The van der Waals surface area contributed by atoms with Crippen LogP contribution in [0.3, 0.4) is 0 Å². The average Bonchev–Trinajstić information content (AvgIpc) is 1.96. The third-order valence-electron chi connectivity index (χ3n) is 1.80. The van der Waals surface area contributed by atoms with Gasteiger partial charge in [0, 0.05) is 5.02 Å². The number of hydrogen-bond donors (Lipinski definition) is 1. The molecule has 0 radical (unpaired) electrons. The van der Waals surface area contributed by atoms with Crippen LogP contribution in [0.4, 0.5) is 4.39 Å². The second-order valence-corrected chi connectivity index (χ2v) is 3.19. The van der Waals surface area contributed by atoms with Gasteiger partial charge in [-0.1, -0.05) is 11.6 Å². The molecule has 1 rings (SSSR count). The molecule has 3 heteroatoms. The van der Waals surface area contributed by atoms with Crippen molar-refractivity contribution in [3.8, 4) is 0 Å². The van der Waals surface area contributed by atoms with Crippen molar-refractivity contribution in [1.82, 2.24) is 0 Å². The summed E-state index contributed by atoms with van der Waals surface area (Å²) in [5, 5.41) is 9.58. The Morgan fingerprint density at radius 3 is 2.58 bits per heavy atom. The van der Waals surface area contributed by atoms with E-state index in [0.717, 1.165) is 5.56 Å². The minimum absolute atomic E-state index is 0.353. The van der Waals surface area contributed by atoms with Gasteiger partial charge >= 0.3 is 0 Å².